The molecule has 3 nitrogen and oxygen atoms in total. The number of benzene rings is 1. The molecule has 0 saturated carbocycles. The Kier molecular flexibility index (Phi) is 4.09. The van der Waals surface area contributed by atoms with Gasteiger partial charge in [-0.3, -0.25) is 4.79 Å². The van der Waals surface area contributed by atoms with Crippen molar-refractivity contribution in [2.75, 3.05) is 24.5 Å². The van der Waals surface area contributed by atoms with Crippen LogP contribution in [0.5, 0.6) is 0 Å². The Labute approximate surface area is 126 Å². The first-order valence-corrected chi connectivity index (χ1v) is 7.69. The van der Waals surface area contributed by atoms with E-state index in [0.717, 1.165) is 32.5 Å². The van der Waals surface area contributed by atoms with Crippen LogP contribution < -0.4 is 4.90 Å². The minimum Gasteiger partial charge on any atom is -0.361 e. The molecule has 0 radical (unpaired) electrons. The van der Waals surface area contributed by atoms with Crippen molar-refractivity contribution in [3.63, 3.8) is 0 Å². The third-order valence-electron chi connectivity index (χ3n) is 4.32. The van der Waals surface area contributed by atoms with Crippen LogP contribution in [0.1, 0.15) is 19.8 Å². The molecule has 1 aliphatic heterocycles. The predicted octanol–water partition coefficient (Wildman–Crippen LogP) is 3.00. The van der Waals surface area contributed by atoms with Crippen LogP contribution in [0.15, 0.2) is 54.1 Å². The average Bonchev–Trinajstić information content (AvgIpc) is 2.56. The van der Waals surface area contributed by atoms with E-state index < -0.39 is 0 Å². The molecule has 1 aliphatic carbocycles. The number of hydrogen-bond acceptors (Lipinski definition) is 2. The fourth-order valence-corrected chi connectivity index (χ4v) is 3.16. The summed E-state index contributed by atoms with van der Waals surface area (Å²) in [6, 6.07) is 10.8. The molecule has 1 saturated heterocycles. The van der Waals surface area contributed by atoms with E-state index in [9.17, 15) is 4.79 Å². The molecule has 1 fully saturated rings. The molecular formula is C18H22N2O. The first kappa shape index (κ1) is 13.9. The first-order chi connectivity index (χ1) is 10.3. The maximum Gasteiger partial charge on any atom is 0.219 e. The number of piperazine rings is 1. The zero-order chi connectivity index (χ0) is 14.7. The normalized spacial score (nSPS) is 22.1. The van der Waals surface area contributed by atoms with Crippen LogP contribution in [0.4, 0.5) is 5.69 Å². The number of allylic oxidation sites excluding steroid dienone is 2. The van der Waals surface area contributed by atoms with Crippen LogP contribution >= 0.6 is 0 Å². The van der Waals surface area contributed by atoms with Crippen molar-refractivity contribution in [1.29, 1.82) is 0 Å². The smallest absolute Gasteiger partial charge is 0.219 e. The van der Waals surface area contributed by atoms with Crippen molar-refractivity contribution in [2.24, 2.45) is 0 Å². The number of carbonyl (C=O) groups is 1. The molecule has 0 bridgehead atoms. The number of amides is 1. The molecule has 1 unspecified atom stereocenters. The summed E-state index contributed by atoms with van der Waals surface area (Å²) < 4.78 is 0. The number of hydrogen-bond donors (Lipinski definition) is 0. The van der Waals surface area contributed by atoms with E-state index in [1.165, 1.54) is 11.3 Å². The number of rotatable bonds is 2. The lowest BCUT2D eigenvalue weighted by molar-refractivity contribution is -0.129. The van der Waals surface area contributed by atoms with Crippen LogP contribution in [0.3, 0.4) is 0 Å². The lowest BCUT2D eigenvalue weighted by Crippen LogP contribution is -2.55. The highest BCUT2D eigenvalue weighted by molar-refractivity contribution is 5.74. The van der Waals surface area contributed by atoms with Crippen LogP contribution in [0, 0.1) is 0 Å². The van der Waals surface area contributed by atoms with Crippen LogP contribution in [0.2, 0.25) is 0 Å². The molecule has 1 aromatic carbocycles. The van der Waals surface area contributed by atoms with Gasteiger partial charge in [-0.05, 0) is 30.5 Å². The van der Waals surface area contributed by atoms with Crippen molar-refractivity contribution >= 4 is 11.6 Å². The van der Waals surface area contributed by atoms with E-state index in [-0.39, 0.29) is 11.9 Å². The Hall–Kier alpha value is -2.03. The minimum atomic E-state index is 0.174. The summed E-state index contributed by atoms with van der Waals surface area (Å²) in [5, 5.41) is 0. The van der Waals surface area contributed by atoms with Gasteiger partial charge >= 0.3 is 0 Å². The predicted molar refractivity (Wildman–Crippen MR) is 86.3 cm³/mol. The van der Waals surface area contributed by atoms with Crippen molar-refractivity contribution in [3.8, 4) is 0 Å². The van der Waals surface area contributed by atoms with Crippen molar-refractivity contribution in [1.82, 2.24) is 4.90 Å². The van der Waals surface area contributed by atoms with Gasteiger partial charge in [0.25, 0.3) is 0 Å². The first-order valence-electron chi connectivity index (χ1n) is 7.69. The summed E-state index contributed by atoms with van der Waals surface area (Å²) in [6.45, 7) is 4.14. The molecule has 1 heterocycles. The molecule has 1 amide bonds. The lowest BCUT2D eigenvalue weighted by Gasteiger charge is -2.43. The summed E-state index contributed by atoms with van der Waals surface area (Å²) in [6.07, 6.45) is 9.02. The van der Waals surface area contributed by atoms with E-state index in [1.54, 1.807) is 6.92 Å². The van der Waals surface area contributed by atoms with Crippen LogP contribution in [0.25, 0.3) is 0 Å². The zero-order valence-electron chi connectivity index (χ0n) is 12.5. The molecule has 1 atom stereocenters. The summed E-state index contributed by atoms with van der Waals surface area (Å²) in [7, 11) is 0. The lowest BCUT2D eigenvalue weighted by atomic mass is 9.96. The Morgan fingerprint density at radius 3 is 2.62 bits per heavy atom. The van der Waals surface area contributed by atoms with Gasteiger partial charge in [-0.1, -0.05) is 36.4 Å². The topological polar surface area (TPSA) is 23.6 Å². The van der Waals surface area contributed by atoms with Gasteiger partial charge in [0.15, 0.2) is 0 Å². The molecule has 110 valence electrons. The molecule has 3 rings (SSSR count). The van der Waals surface area contributed by atoms with Gasteiger partial charge in [0.05, 0.1) is 6.04 Å². The fourth-order valence-electron chi connectivity index (χ4n) is 3.16. The van der Waals surface area contributed by atoms with E-state index >= 15 is 0 Å². The van der Waals surface area contributed by atoms with E-state index in [0.29, 0.717) is 0 Å². The van der Waals surface area contributed by atoms with E-state index in [1.807, 2.05) is 11.0 Å². The third-order valence-corrected chi connectivity index (χ3v) is 4.32. The Balaban J connectivity index is 1.89. The highest BCUT2D eigenvalue weighted by Gasteiger charge is 2.30. The standard InChI is InChI=1S/C18H22N2O/c1-15(21)19-12-13-20(17-10-6-3-7-11-17)18(14-19)16-8-4-2-5-9-16/h3-4,6-11,18H,2,5,12-14H2,1H3. The van der Waals surface area contributed by atoms with Crippen molar-refractivity contribution in [3.05, 3.63) is 54.1 Å². The second kappa shape index (κ2) is 6.17. The molecule has 0 N–H and O–H groups in total. The highest BCUT2D eigenvalue weighted by Crippen LogP contribution is 2.27. The van der Waals surface area contributed by atoms with Crippen molar-refractivity contribution in [2.45, 2.75) is 25.8 Å². The Morgan fingerprint density at radius 2 is 1.95 bits per heavy atom. The molecular weight excluding hydrogens is 260 g/mol. The monoisotopic (exact) mass is 282 g/mol. The maximum absolute atomic E-state index is 11.7. The fraction of sp³-hybridized carbons (Fsp3) is 0.389. The quantitative estimate of drug-likeness (QED) is 0.832. The largest absolute Gasteiger partial charge is 0.361 e. The number of anilines is 1. The molecule has 0 aromatic heterocycles. The molecule has 1 aromatic rings. The number of para-hydroxylation sites is 1. The van der Waals surface area contributed by atoms with Gasteiger partial charge in [-0.15, -0.1) is 0 Å². The highest BCUT2D eigenvalue weighted by atomic mass is 16.2. The second-order valence-corrected chi connectivity index (χ2v) is 5.69. The van der Waals surface area contributed by atoms with Gasteiger partial charge in [0, 0.05) is 32.2 Å². The zero-order valence-corrected chi connectivity index (χ0v) is 12.5. The third kappa shape index (κ3) is 3.02. The van der Waals surface area contributed by atoms with E-state index in [2.05, 4.69) is 47.4 Å². The SMILES string of the molecule is CC(=O)N1CCN(c2ccccc2)C(C2=CCCC=C2)C1. The minimum absolute atomic E-state index is 0.174. The Morgan fingerprint density at radius 1 is 1.14 bits per heavy atom. The molecule has 2 aliphatic rings. The molecule has 0 spiro atoms. The number of nitrogens with zero attached hydrogens (tertiary/aromatic N) is 2. The van der Waals surface area contributed by atoms with E-state index in [4.69, 9.17) is 0 Å². The maximum atomic E-state index is 11.7. The second-order valence-electron chi connectivity index (χ2n) is 5.69. The van der Waals surface area contributed by atoms with Gasteiger partial charge in [0.2, 0.25) is 5.91 Å². The van der Waals surface area contributed by atoms with Crippen molar-refractivity contribution < 1.29 is 4.79 Å². The molecule has 21 heavy (non-hydrogen) atoms. The van der Waals surface area contributed by atoms with Crippen LogP contribution in [-0.2, 0) is 4.79 Å². The van der Waals surface area contributed by atoms with Crippen LogP contribution in [-0.4, -0.2) is 36.5 Å². The average molecular weight is 282 g/mol. The Bertz CT molecular complexity index is 562. The van der Waals surface area contributed by atoms with Gasteiger partial charge < -0.3 is 9.80 Å². The van der Waals surface area contributed by atoms with Gasteiger partial charge in [0.1, 0.15) is 0 Å². The van der Waals surface area contributed by atoms with Gasteiger partial charge in [-0.25, -0.2) is 0 Å². The summed E-state index contributed by atoms with van der Waals surface area (Å²) in [5.41, 5.74) is 2.58. The van der Waals surface area contributed by atoms with Gasteiger partial charge in [-0.2, -0.15) is 0 Å². The molecule has 3 heteroatoms. The summed E-state index contributed by atoms with van der Waals surface area (Å²) in [4.78, 5) is 16.1. The summed E-state index contributed by atoms with van der Waals surface area (Å²) >= 11 is 0. The number of carbonyl (C=O) groups excluding carboxylic acids is 1. The summed E-state index contributed by atoms with van der Waals surface area (Å²) in [5.74, 6) is 0.174.